The largest absolute Gasteiger partial charge is 0.343 e. The third-order valence-corrected chi connectivity index (χ3v) is 4.84. The number of nitrogens with zero attached hydrogens (tertiary/aromatic N) is 5. The summed E-state index contributed by atoms with van der Waals surface area (Å²) in [6.45, 7) is 5.82. The van der Waals surface area contributed by atoms with Crippen molar-refractivity contribution in [1.29, 1.82) is 0 Å². The molecule has 1 unspecified atom stereocenters. The minimum absolute atomic E-state index is 0.198. The van der Waals surface area contributed by atoms with Crippen molar-refractivity contribution in [1.82, 2.24) is 29.7 Å². The average Bonchev–Trinajstić information content (AvgIpc) is 3.28. The van der Waals surface area contributed by atoms with Gasteiger partial charge in [0.25, 0.3) is 0 Å². The lowest BCUT2D eigenvalue weighted by Crippen LogP contribution is -2.26. The van der Waals surface area contributed by atoms with Crippen LogP contribution in [0, 0.1) is 13.8 Å². The molecule has 1 N–H and O–H groups in total. The van der Waals surface area contributed by atoms with Crippen LogP contribution in [0.1, 0.15) is 35.7 Å². The number of carbonyl (C=O) groups excluding carboxylic acids is 1. The molecule has 0 saturated heterocycles. The summed E-state index contributed by atoms with van der Waals surface area (Å²) in [6, 6.07) is 15.3. The highest BCUT2D eigenvalue weighted by Gasteiger charge is 2.15. The van der Waals surface area contributed by atoms with E-state index in [4.69, 9.17) is 0 Å². The van der Waals surface area contributed by atoms with E-state index in [2.05, 4.69) is 20.6 Å². The number of fused-ring (bicyclic) bond motifs is 1. The van der Waals surface area contributed by atoms with Gasteiger partial charge in [-0.3, -0.25) is 9.20 Å². The van der Waals surface area contributed by atoms with Gasteiger partial charge >= 0.3 is 0 Å². The Morgan fingerprint density at radius 3 is 2.62 bits per heavy atom. The average molecular weight is 386 g/mol. The quantitative estimate of drug-likeness (QED) is 0.533. The van der Waals surface area contributed by atoms with Crippen molar-refractivity contribution in [2.75, 3.05) is 0 Å². The lowest BCUT2D eigenvalue weighted by atomic mass is 10.1. The minimum Gasteiger partial charge on any atom is -0.343 e. The molecule has 4 rings (SSSR count). The summed E-state index contributed by atoms with van der Waals surface area (Å²) >= 11 is 0. The number of carbonyl (C=O) groups is 1. The Bertz CT molecular complexity index is 1190. The molecule has 0 radical (unpaired) electrons. The number of nitrogens with one attached hydrogen (secondary N) is 1. The zero-order valence-electron chi connectivity index (χ0n) is 16.6. The van der Waals surface area contributed by atoms with Gasteiger partial charge in [0.1, 0.15) is 0 Å². The highest BCUT2D eigenvalue weighted by Crippen LogP contribution is 2.19. The van der Waals surface area contributed by atoms with E-state index in [0.717, 1.165) is 28.3 Å². The number of para-hydroxylation sites is 1. The van der Waals surface area contributed by atoms with Crippen LogP contribution in [0.4, 0.5) is 0 Å². The number of pyridine rings is 1. The molecule has 1 atom stereocenters. The van der Waals surface area contributed by atoms with Gasteiger partial charge in [-0.1, -0.05) is 24.3 Å². The monoisotopic (exact) mass is 386 g/mol. The molecule has 7 heteroatoms. The molecule has 1 aromatic carbocycles. The number of aryl methyl sites for hydroxylation is 1. The van der Waals surface area contributed by atoms with Gasteiger partial charge in [0.15, 0.2) is 11.5 Å². The minimum atomic E-state index is -0.279. The number of hydrogen-bond acceptors (Lipinski definition) is 4. The van der Waals surface area contributed by atoms with Crippen molar-refractivity contribution in [2.45, 2.75) is 26.8 Å². The number of rotatable bonds is 5. The molecule has 3 aromatic heterocycles. The maximum Gasteiger partial charge on any atom is 0.244 e. The van der Waals surface area contributed by atoms with Crippen molar-refractivity contribution in [2.24, 2.45) is 0 Å². The molecule has 0 aliphatic carbocycles. The van der Waals surface area contributed by atoms with Gasteiger partial charge in [-0.25, -0.2) is 4.68 Å². The van der Waals surface area contributed by atoms with E-state index in [9.17, 15) is 4.79 Å². The fraction of sp³-hybridized carbons (Fsp3) is 0.182. The first-order valence-electron chi connectivity index (χ1n) is 9.44. The van der Waals surface area contributed by atoms with Crippen molar-refractivity contribution in [3.8, 4) is 5.69 Å². The van der Waals surface area contributed by atoms with Gasteiger partial charge < -0.3 is 5.32 Å². The maximum absolute atomic E-state index is 12.5. The number of aromatic nitrogens is 5. The molecule has 146 valence electrons. The summed E-state index contributed by atoms with van der Waals surface area (Å²) < 4.78 is 3.75. The van der Waals surface area contributed by atoms with Crippen LogP contribution in [0.5, 0.6) is 0 Å². The SMILES string of the molecule is Cc1nn(-c2ccccc2)c(C)c1/C=C/C(=O)NC(C)c1nnc2ccccn12. The third-order valence-electron chi connectivity index (χ3n) is 4.84. The van der Waals surface area contributed by atoms with Crippen LogP contribution in [0.15, 0.2) is 60.8 Å². The van der Waals surface area contributed by atoms with E-state index in [1.807, 2.05) is 84.6 Å². The molecule has 0 fully saturated rings. The molecule has 0 aliphatic rings. The van der Waals surface area contributed by atoms with Gasteiger partial charge in [0, 0.05) is 23.5 Å². The fourth-order valence-corrected chi connectivity index (χ4v) is 3.36. The zero-order valence-corrected chi connectivity index (χ0v) is 16.6. The van der Waals surface area contributed by atoms with Crippen LogP contribution in [0.3, 0.4) is 0 Å². The van der Waals surface area contributed by atoms with E-state index in [1.165, 1.54) is 6.08 Å². The van der Waals surface area contributed by atoms with Crippen LogP contribution in [0.25, 0.3) is 17.4 Å². The molecule has 0 saturated carbocycles. The Kier molecular flexibility index (Phi) is 4.95. The molecule has 0 spiro atoms. The fourth-order valence-electron chi connectivity index (χ4n) is 3.36. The van der Waals surface area contributed by atoms with Crippen molar-refractivity contribution < 1.29 is 4.79 Å². The van der Waals surface area contributed by atoms with Gasteiger partial charge in [0.05, 0.1) is 17.4 Å². The first-order chi connectivity index (χ1) is 14.0. The highest BCUT2D eigenvalue weighted by atomic mass is 16.1. The van der Waals surface area contributed by atoms with Gasteiger partial charge in [-0.15, -0.1) is 10.2 Å². The summed E-state index contributed by atoms with van der Waals surface area (Å²) in [5, 5.41) is 15.9. The van der Waals surface area contributed by atoms with E-state index in [0.29, 0.717) is 5.82 Å². The molecular weight excluding hydrogens is 364 g/mol. The van der Waals surface area contributed by atoms with Crippen molar-refractivity contribution >= 4 is 17.6 Å². The molecule has 3 heterocycles. The molecule has 0 aliphatic heterocycles. The van der Waals surface area contributed by atoms with E-state index >= 15 is 0 Å². The standard InChI is InChI=1S/C22H22N6O/c1-15-19(17(3)28(26-15)18-9-5-4-6-10-18)12-13-21(29)23-16(2)22-25-24-20-11-7-8-14-27(20)22/h4-14,16H,1-3H3,(H,23,29)/b13-12+. The number of hydrogen-bond donors (Lipinski definition) is 1. The Balaban J connectivity index is 1.51. The third kappa shape index (κ3) is 3.67. The van der Waals surface area contributed by atoms with Crippen LogP contribution in [-0.2, 0) is 4.79 Å². The maximum atomic E-state index is 12.5. The molecule has 1 amide bonds. The lowest BCUT2D eigenvalue weighted by Gasteiger charge is -2.10. The van der Waals surface area contributed by atoms with Crippen LogP contribution >= 0.6 is 0 Å². The highest BCUT2D eigenvalue weighted by molar-refractivity contribution is 5.92. The molecule has 4 aromatic rings. The zero-order chi connectivity index (χ0) is 20.4. The number of amides is 1. The van der Waals surface area contributed by atoms with Crippen molar-refractivity contribution in [3.05, 3.63) is 83.6 Å². The second-order valence-corrected chi connectivity index (χ2v) is 6.88. The predicted molar refractivity (Wildman–Crippen MR) is 112 cm³/mol. The molecule has 7 nitrogen and oxygen atoms in total. The van der Waals surface area contributed by atoms with Crippen LogP contribution in [-0.4, -0.2) is 30.3 Å². The van der Waals surface area contributed by atoms with Crippen LogP contribution < -0.4 is 5.32 Å². The Morgan fingerprint density at radius 2 is 1.83 bits per heavy atom. The first kappa shape index (κ1) is 18.6. The molecule has 29 heavy (non-hydrogen) atoms. The Labute approximate surface area is 168 Å². The summed E-state index contributed by atoms with van der Waals surface area (Å²) in [4.78, 5) is 12.5. The second kappa shape index (κ2) is 7.71. The normalized spacial score (nSPS) is 12.5. The van der Waals surface area contributed by atoms with E-state index < -0.39 is 0 Å². The van der Waals surface area contributed by atoms with Gasteiger partial charge in [0.2, 0.25) is 5.91 Å². The first-order valence-corrected chi connectivity index (χ1v) is 9.44. The molecule has 0 bridgehead atoms. The number of benzene rings is 1. The second-order valence-electron chi connectivity index (χ2n) is 6.88. The topological polar surface area (TPSA) is 77.1 Å². The van der Waals surface area contributed by atoms with E-state index in [-0.39, 0.29) is 11.9 Å². The van der Waals surface area contributed by atoms with Crippen molar-refractivity contribution in [3.63, 3.8) is 0 Å². The lowest BCUT2D eigenvalue weighted by molar-refractivity contribution is -0.117. The Hall–Kier alpha value is -3.74. The van der Waals surface area contributed by atoms with E-state index in [1.54, 1.807) is 6.08 Å². The Morgan fingerprint density at radius 1 is 1.07 bits per heavy atom. The predicted octanol–water partition coefficient (Wildman–Crippen LogP) is 3.42. The molecular formula is C22H22N6O. The van der Waals surface area contributed by atoms with Crippen LogP contribution in [0.2, 0.25) is 0 Å². The summed E-state index contributed by atoms with van der Waals surface area (Å²) in [6.07, 6.45) is 5.22. The summed E-state index contributed by atoms with van der Waals surface area (Å²) in [5.74, 6) is 0.489. The van der Waals surface area contributed by atoms with Gasteiger partial charge in [-0.05, 0) is 51.1 Å². The van der Waals surface area contributed by atoms with Gasteiger partial charge in [-0.2, -0.15) is 5.10 Å². The summed E-state index contributed by atoms with van der Waals surface area (Å²) in [5.41, 5.74) is 4.52. The summed E-state index contributed by atoms with van der Waals surface area (Å²) in [7, 11) is 0. The smallest absolute Gasteiger partial charge is 0.244 e.